The summed E-state index contributed by atoms with van der Waals surface area (Å²) < 4.78 is 0. The monoisotopic (exact) mass is 500 g/mol. The molecule has 0 saturated carbocycles. The molecule has 0 unspecified atom stereocenters. The van der Waals surface area contributed by atoms with Gasteiger partial charge in [0.25, 0.3) is 11.5 Å². The van der Waals surface area contributed by atoms with E-state index in [0.717, 1.165) is 91.6 Å². The van der Waals surface area contributed by atoms with E-state index in [2.05, 4.69) is 50.5 Å². The van der Waals surface area contributed by atoms with Crippen molar-refractivity contribution < 1.29 is 4.79 Å². The van der Waals surface area contributed by atoms with Crippen molar-refractivity contribution in [3.05, 3.63) is 74.8 Å². The van der Waals surface area contributed by atoms with Crippen LogP contribution in [0.15, 0.2) is 41.3 Å². The molecule has 2 aliphatic rings. The third-order valence-corrected chi connectivity index (χ3v) is 7.38. The van der Waals surface area contributed by atoms with E-state index >= 15 is 0 Å². The summed E-state index contributed by atoms with van der Waals surface area (Å²) in [6, 6.07) is 10.3. The van der Waals surface area contributed by atoms with Gasteiger partial charge in [-0.25, -0.2) is 4.98 Å². The highest BCUT2D eigenvalue weighted by Gasteiger charge is 2.26. The Labute approximate surface area is 218 Å². The van der Waals surface area contributed by atoms with Crippen LogP contribution in [0.3, 0.4) is 0 Å². The molecule has 5 rings (SSSR count). The van der Waals surface area contributed by atoms with Crippen molar-refractivity contribution in [1.82, 2.24) is 20.6 Å². The molecule has 1 saturated heterocycles. The maximum Gasteiger partial charge on any atom is 0.253 e. The first kappa shape index (κ1) is 25.0. The van der Waals surface area contributed by atoms with Crippen LogP contribution >= 0.6 is 0 Å². The van der Waals surface area contributed by atoms with Crippen LogP contribution < -0.4 is 26.0 Å². The molecule has 1 fully saturated rings. The number of nitrogens with one attached hydrogen (secondary N) is 3. The lowest BCUT2D eigenvalue weighted by Gasteiger charge is -2.28. The molecule has 4 heterocycles. The van der Waals surface area contributed by atoms with Crippen molar-refractivity contribution in [2.45, 2.75) is 40.2 Å². The van der Waals surface area contributed by atoms with E-state index in [9.17, 15) is 9.59 Å². The second-order valence-electron chi connectivity index (χ2n) is 10.0. The summed E-state index contributed by atoms with van der Waals surface area (Å²) in [5.74, 6) is 0.830. The molecule has 37 heavy (non-hydrogen) atoms. The molecule has 0 bridgehead atoms. The van der Waals surface area contributed by atoms with E-state index < -0.39 is 0 Å². The lowest BCUT2D eigenvalue weighted by atomic mass is 9.97. The smallest absolute Gasteiger partial charge is 0.253 e. The van der Waals surface area contributed by atoms with Crippen molar-refractivity contribution in [2.24, 2.45) is 0 Å². The quantitative estimate of drug-likeness (QED) is 0.462. The Balaban J connectivity index is 1.45. The number of carbonyl (C=O) groups is 1. The van der Waals surface area contributed by atoms with Crippen molar-refractivity contribution in [3.8, 4) is 11.1 Å². The summed E-state index contributed by atoms with van der Waals surface area (Å²) in [5.41, 5.74) is 6.99. The van der Waals surface area contributed by atoms with Crippen LogP contribution in [0.4, 0.5) is 11.5 Å². The van der Waals surface area contributed by atoms with Gasteiger partial charge in [0.15, 0.2) is 0 Å². The Morgan fingerprint density at radius 1 is 1.08 bits per heavy atom. The molecule has 0 spiro atoms. The first-order chi connectivity index (χ1) is 17.9. The number of hydrogen-bond donors (Lipinski definition) is 3. The summed E-state index contributed by atoms with van der Waals surface area (Å²) in [5, 5.41) is 6.39. The number of rotatable bonds is 7. The predicted octanol–water partition coefficient (Wildman–Crippen LogP) is 3.17. The van der Waals surface area contributed by atoms with Gasteiger partial charge in [-0.2, -0.15) is 0 Å². The van der Waals surface area contributed by atoms with Crippen LogP contribution in [0, 0.1) is 13.8 Å². The molecule has 8 nitrogen and oxygen atoms in total. The molecule has 194 valence electrons. The Morgan fingerprint density at radius 3 is 2.59 bits per heavy atom. The van der Waals surface area contributed by atoms with Crippen molar-refractivity contribution in [1.29, 1.82) is 0 Å². The zero-order valence-corrected chi connectivity index (χ0v) is 22.0. The van der Waals surface area contributed by atoms with Gasteiger partial charge in [0.2, 0.25) is 0 Å². The van der Waals surface area contributed by atoms with E-state index in [0.29, 0.717) is 11.1 Å². The molecule has 0 atom stereocenters. The molecular formula is C29H36N6O2. The van der Waals surface area contributed by atoms with Gasteiger partial charge in [0.1, 0.15) is 5.82 Å². The van der Waals surface area contributed by atoms with Gasteiger partial charge in [-0.1, -0.05) is 6.92 Å². The topological polar surface area (TPSA) is 93.4 Å². The molecule has 2 aliphatic heterocycles. The van der Waals surface area contributed by atoms with Gasteiger partial charge in [-0.05, 0) is 73.7 Å². The highest BCUT2D eigenvalue weighted by Crippen LogP contribution is 2.36. The minimum atomic E-state index is -0.152. The van der Waals surface area contributed by atoms with E-state index in [1.807, 2.05) is 32.2 Å². The van der Waals surface area contributed by atoms with Crippen LogP contribution in [0.5, 0.6) is 0 Å². The van der Waals surface area contributed by atoms with Crippen LogP contribution in [0.2, 0.25) is 0 Å². The number of anilines is 2. The Morgan fingerprint density at radius 2 is 1.89 bits per heavy atom. The second-order valence-corrected chi connectivity index (χ2v) is 10.0. The molecule has 1 aromatic carbocycles. The van der Waals surface area contributed by atoms with Crippen LogP contribution in [-0.4, -0.2) is 55.1 Å². The number of H-pyrrole nitrogens is 1. The van der Waals surface area contributed by atoms with Crippen LogP contribution in [-0.2, 0) is 13.0 Å². The SMILES string of the molecule is CCCN1CCc2c(C(=O)NCc3c(C)cc(C)[nH]c3=O)cc(-c3ccc(N4CCNCC4)nc3)cc21. The molecule has 3 aromatic rings. The minimum absolute atomic E-state index is 0.151. The fraction of sp³-hybridized carbons (Fsp3) is 0.414. The molecular weight excluding hydrogens is 464 g/mol. The second kappa shape index (κ2) is 10.8. The van der Waals surface area contributed by atoms with Gasteiger partial charge in [0, 0.05) is 80.1 Å². The molecule has 0 radical (unpaired) electrons. The fourth-order valence-electron chi connectivity index (χ4n) is 5.44. The average molecular weight is 501 g/mol. The number of carbonyl (C=O) groups excluding carboxylic acids is 1. The average Bonchev–Trinajstić information content (AvgIpc) is 3.31. The number of piperazine rings is 1. The molecule has 8 heteroatoms. The van der Waals surface area contributed by atoms with E-state index in [-0.39, 0.29) is 18.0 Å². The minimum Gasteiger partial charge on any atom is -0.371 e. The Hall–Kier alpha value is -3.65. The van der Waals surface area contributed by atoms with Crippen LogP contribution in [0.1, 0.15) is 46.1 Å². The zero-order chi connectivity index (χ0) is 25.9. The van der Waals surface area contributed by atoms with Gasteiger partial charge >= 0.3 is 0 Å². The summed E-state index contributed by atoms with van der Waals surface area (Å²) in [4.78, 5) is 38.2. The van der Waals surface area contributed by atoms with E-state index in [1.54, 1.807) is 0 Å². The van der Waals surface area contributed by atoms with Gasteiger partial charge < -0.3 is 25.4 Å². The van der Waals surface area contributed by atoms with Crippen molar-refractivity contribution in [2.75, 3.05) is 49.1 Å². The largest absolute Gasteiger partial charge is 0.371 e. The highest BCUT2D eigenvalue weighted by molar-refractivity contribution is 5.99. The van der Waals surface area contributed by atoms with Gasteiger partial charge in [-0.3, -0.25) is 9.59 Å². The third kappa shape index (κ3) is 5.25. The number of aromatic amines is 1. The number of pyridine rings is 2. The van der Waals surface area contributed by atoms with Crippen molar-refractivity contribution in [3.63, 3.8) is 0 Å². The predicted molar refractivity (Wildman–Crippen MR) is 149 cm³/mol. The Bertz CT molecular complexity index is 1340. The van der Waals surface area contributed by atoms with E-state index in [4.69, 9.17) is 4.98 Å². The zero-order valence-electron chi connectivity index (χ0n) is 22.0. The standard InChI is InChI=1S/C29H36N6O2/c1-4-10-34-11-7-23-24(28(36)32-18-25-19(2)14-20(3)33-29(25)37)15-22(16-26(23)34)21-5-6-27(31-17-21)35-12-8-30-9-13-35/h5-6,14-17,30H,4,7-13,18H2,1-3H3,(H,32,36)(H,33,37). The van der Waals surface area contributed by atoms with Crippen molar-refractivity contribution >= 4 is 17.4 Å². The van der Waals surface area contributed by atoms with Crippen LogP contribution in [0.25, 0.3) is 11.1 Å². The lowest BCUT2D eigenvalue weighted by molar-refractivity contribution is 0.0950. The molecule has 2 aromatic heterocycles. The maximum atomic E-state index is 13.5. The molecule has 1 amide bonds. The maximum absolute atomic E-state index is 13.5. The summed E-state index contributed by atoms with van der Waals surface area (Å²) in [6.07, 6.45) is 3.79. The first-order valence-electron chi connectivity index (χ1n) is 13.3. The molecule has 0 aliphatic carbocycles. The number of benzene rings is 1. The number of hydrogen-bond acceptors (Lipinski definition) is 6. The summed E-state index contributed by atoms with van der Waals surface area (Å²) in [6.45, 7) is 11.8. The highest BCUT2D eigenvalue weighted by atomic mass is 16.1. The number of aryl methyl sites for hydroxylation is 2. The van der Waals surface area contributed by atoms with Gasteiger partial charge in [0.05, 0.1) is 0 Å². The number of amides is 1. The fourth-order valence-corrected chi connectivity index (χ4v) is 5.44. The lowest BCUT2D eigenvalue weighted by Crippen LogP contribution is -2.43. The normalized spacial score (nSPS) is 15.1. The van der Waals surface area contributed by atoms with Gasteiger partial charge in [-0.15, -0.1) is 0 Å². The van der Waals surface area contributed by atoms with E-state index in [1.165, 1.54) is 0 Å². The third-order valence-electron chi connectivity index (χ3n) is 7.38. The number of fused-ring (bicyclic) bond motifs is 1. The summed E-state index contributed by atoms with van der Waals surface area (Å²) in [7, 11) is 0. The summed E-state index contributed by atoms with van der Waals surface area (Å²) >= 11 is 0. The first-order valence-corrected chi connectivity index (χ1v) is 13.3. The number of nitrogens with zero attached hydrogens (tertiary/aromatic N) is 3. The Kier molecular flexibility index (Phi) is 7.28. The molecule has 3 N–H and O–H groups in total. The number of aromatic nitrogens is 2.